The first-order valence-electron chi connectivity index (χ1n) is 11.2. The summed E-state index contributed by atoms with van der Waals surface area (Å²) in [6.45, 7) is 5.11. The third kappa shape index (κ3) is 5.69. The molecule has 1 aliphatic heterocycles. The summed E-state index contributed by atoms with van der Waals surface area (Å²) in [5.41, 5.74) is 2.62. The molecule has 1 heterocycles. The number of rotatable bonds is 7. The minimum absolute atomic E-state index is 0.106. The number of nitrogens with one attached hydrogen (secondary N) is 2. The van der Waals surface area contributed by atoms with Crippen LogP contribution in [0.4, 0.5) is 17.1 Å². The van der Waals surface area contributed by atoms with Crippen molar-refractivity contribution < 1.29 is 14.3 Å². The fraction of sp³-hybridized carbons (Fsp3) is 0.308. The van der Waals surface area contributed by atoms with Crippen LogP contribution in [0.1, 0.15) is 6.92 Å². The van der Waals surface area contributed by atoms with Crippen LogP contribution in [0.2, 0.25) is 0 Å². The Kier molecular flexibility index (Phi) is 7.22. The van der Waals surface area contributed by atoms with E-state index in [0.717, 1.165) is 54.1 Å². The average molecular weight is 447 g/mol. The van der Waals surface area contributed by atoms with Gasteiger partial charge in [0.25, 0.3) is 0 Å². The van der Waals surface area contributed by atoms with E-state index in [1.807, 2.05) is 66.7 Å². The molecule has 4 rings (SSSR count). The van der Waals surface area contributed by atoms with E-state index in [0.29, 0.717) is 0 Å². The van der Waals surface area contributed by atoms with Crippen molar-refractivity contribution in [2.75, 3.05) is 55.4 Å². The SMILES string of the molecule is C[C@@H](C(=O)Nc1cccc2ccccc12)N(C)CC(=O)Nc1ccc(N2CCOCC2)cc1. The molecular formula is C26H30N4O3. The third-order valence-corrected chi connectivity index (χ3v) is 6.01. The Hall–Kier alpha value is -3.42. The van der Waals surface area contributed by atoms with Crippen LogP contribution < -0.4 is 15.5 Å². The lowest BCUT2D eigenvalue weighted by Gasteiger charge is -2.29. The van der Waals surface area contributed by atoms with Crippen LogP contribution in [-0.2, 0) is 14.3 Å². The number of amides is 2. The molecular weight excluding hydrogens is 416 g/mol. The van der Waals surface area contributed by atoms with Gasteiger partial charge in [-0.1, -0.05) is 36.4 Å². The van der Waals surface area contributed by atoms with Gasteiger partial charge in [-0.2, -0.15) is 0 Å². The zero-order chi connectivity index (χ0) is 23.2. The quantitative estimate of drug-likeness (QED) is 0.580. The second kappa shape index (κ2) is 10.5. The summed E-state index contributed by atoms with van der Waals surface area (Å²) in [4.78, 5) is 29.4. The van der Waals surface area contributed by atoms with Gasteiger partial charge in [-0.05, 0) is 49.7 Å². The van der Waals surface area contributed by atoms with Crippen molar-refractivity contribution in [2.45, 2.75) is 13.0 Å². The highest BCUT2D eigenvalue weighted by Crippen LogP contribution is 2.23. The molecule has 0 saturated carbocycles. The molecule has 2 N–H and O–H groups in total. The summed E-state index contributed by atoms with van der Waals surface area (Å²) < 4.78 is 5.39. The van der Waals surface area contributed by atoms with Gasteiger partial charge in [0.05, 0.1) is 25.8 Å². The number of ether oxygens (including phenoxy) is 1. The number of morpholine rings is 1. The van der Waals surface area contributed by atoms with E-state index in [-0.39, 0.29) is 18.4 Å². The smallest absolute Gasteiger partial charge is 0.241 e. The Morgan fingerprint density at radius 3 is 2.42 bits per heavy atom. The van der Waals surface area contributed by atoms with Crippen molar-refractivity contribution in [2.24, 2.45) is 0 Å². The summed E-state index contributed by atoms with van der Waals surface area (Å²) in [6, 6.07) is 21.1. The first-order chi connectivity index (χ1) is 16.0. The minimum Gasteiger partial charge on any atom is -0.378 e. The molecule has 172 valence electrons. The summed E-state index contributed by atoms with van der Waals surface area (Å²) in [7, 11) is 1.77. The molecule has 7 heteroatoms. The highest BCUT2D eigenvalue weighted by atomic mass is 16.5. The Labute approximate surface area is 194 Å². The highest BCUT2D eigenvalue weighted by molar-refractivity contribution is 6.04. The number of nitrogens with zero attached hydrogens (tertiary/aromatic N) is 2. The molecule has 1 aliphatic rings. The lowest BCUT2D eigenvalue weighted by atomic mass is 10.1. The van der Waals surface area contributed by atoms with E-state index >= 15 is 0 Å². The summed E-state index contributed by atoms with van der Waals surface area (Å²) in [6.07, 6.45) is 0. The van der Waals surface area contributed by atoms with Crippen molar-refractivity contribution in [3.8, 4) is 0 Å². The minimum atomic E-state index is -0.474. The normalized spacial score (nSPS) is 14.8. The van der Waals surface area contributed by atoms with Gasteiger partial charge >= 0.3 is 0 Å². The summed E-state index contributed by atoms with van der Waals surface area (Å²) >= 11 is 0. The van der Waals surface area contributed by atoms with E-state index in [2.05, 4.69) is 15.5 Å². The van der Waals surface area contributed by atoms with Gasteiger partial charge in [0, 0.05) is 35.5 Å². The standard InChI is InChI=1S/C26H30N4O3/c1-19(26(32)28-24-9-5-7-20-6-3-4-8-23(20)24)29(2)18-25(31)27-21-10-12-22(13-11-21)30-14-16-33-17-15-30/h3-13,19H,14-18H2,1-2H3,(H,27,31)(H,28,32)/t19-/m0/s1. The Balaban J connectivity index is 1.31. The molecule has 1 saturated heterocycles. The van der Waals surface area contributed by atoms with E-state index in [9.17, 15) is 9.59 Å². The van der Waals surface area contributed by atoms with Gasteiger partial charge in [-0.15, -0.1) is 0 Å². The molecule has 0 bridgehead atoms. The number of benzene rings is 3. The molecule has 2 amide bonds. The van der Waals surface area contributed by atoms with Crippen LogP contribution in [0, 0.1) is 0 Å². The van der Waals surface area contributed by atoms with Gasteiger partial charge in [0.2, 0.25) is 11.8 Å². The first kappa shape index (κ1) is 22.8. The van der Waals surface area contributed by atoms with Crippen molar-refractivity contribution in [3.63, 3.8) is 0 Å². The predicted octanol–water partition coefficient (Wildman–Crippen LogP) is 3.57. The lowest BCUT2D eigenvalue weighted by molar-refractivity contribution is -0.122. The molecule has 1 fully saturated rings. The second-order valence-electron chi connectivity index (χ2n) is 8.30. The number of fused-ring (bicyclic) bond motifs is 1. The number of hydrogen-bond donors (Lipinski definition) is 2. The number of carbonyl (C=O) groups excluding carboxylic acids is 2. The Morgan fingerprint density at radius 1 is 0.970 bits per heavy atom. The summed E-state index contributed by atoms with van der Waals surface area (Å²) in [5.74, 6) is -0.321. The molecule has 3 aromatic carbocycles. The zero-order valence-electron chi connectivity index (χ0n) is 19.1. The molecule has 0 aliphatic carbocycles. The molecule has 0 spiro atoms. The van der Waals surface area contributed by atoms with Crippen molar-refractivity contribution >= 4 is 39.6 Å². The molecule has 3 aromatic rings. The molecule has 0 aromatic heterocycles. The van der Waals surface area contributed by atoms with Crippen molar-refractivity contribution in [1.29, 1.82) is 0 Å². The summed E-state index contributed by atoms with van der Waals surface area (Å²) in [5, 5.41) is 7.97. The first-order valence-corrected chi connectivity index (χ1v) is 11.2. The van der Waals surface area contributed by atoms with E-state index in [1.54, 1.807) is 18.9 Å². The fourth-order valence-electron chi connectivity index (χ4n) is 3.91. The van der Waals surface area contributed by atoms with Crippen LogP contribution in [0.3, 0.4) is 0 Å². The van der Waals surface area contributed by atoms with Gasteiger partial charge in [-0.3, -0.25) is 14.5 Å². The number of anilines is 3. The highest BCUT2D eigenvalue weighted by Gasteiger charge is 2.21. The second-order valence-corrected chi connectivity index (χ2v) is 8.30. The molecule has 7 nitrogen and oxygen atoms in total. The number of likely N-dealkylation sites (N-methyl/N-ethyl adjacent to an activating group) is 1. The largest absolute Gasteiger partial charge is 0.378 e. The third-order valence-electron chi connectivity index (χ3n) is 6.01. The number of carbonyl (C=O) groups is 2. The van der Waals surface area contributed by atoms with Crippen LogP contribution in [0.25, 0.3) is 10.8 Å². The van der Waals surface area contributed by atoms with E-state index < -0.39 is 6.04 Å². The van der Waals surface area contributed by atoms with E-state index in [1.165, 1.54) is 0 Å². The van der Waals surface area contributed by atoms with Gasteiger partial charge in [-0.25, -0.2) is 0 Å². The predicted molar refractivity (Wildman–Crippen MR) is 133 cm³/mol. The van der Waals surface area contributed by atoms with Crippen LogP contribution >= 0.6 is 0 Å². The number of hydrogen-bond acceptors (Lipinski definition) is 5. The van der Waals surface area contributed by atoms with Gasteiger partial charge < -0.3 is 20.3 Å². The van der Waals surface area contributed by atoms with Crippen molar-refractivity contribution in [3.05, 3.63) is 66.7 Å². The average Bonchev–Trinajstić information content (AvgIpc) is 2.84. The lowest BCUT2D eigenvalue weighted by Crippen LogP contribution is -2.43. The monoisotopic (exact) mass is 446 g/mol. The topological polar surface area (TPSA) is 73.9 Å². The van der Waals surface area contributed by atoms with Crippen LogP contribution in [0.5, 0.6) is 0 Å². The Morgan fingerprint density at radius 2 is 1.67 bits per heavy atom. The van der Waals surface area contributed by atoms with Crippen LogP contribution in [0.15, 0.2) is 66.7 Å². The van der Waals surface area contributed by atoms with Crippen LogP contribution in [-0.4, -0.2) is 62.7 Å². The van der Waals surface area contributed by atoms with Gasteiger partial charge in [0.1, 0.15) is 0 Å². The fourth-order valence-corrected chi connectivity index (χ4v) is 3.91. The molecule has 0 radical (unpaired) electrons. The maximum absolute atomic E-state index is 12.8. The maximum atomic E-state index is 12.8. The maximum Gasteiger partial charge on any atom is 0.241 e. The molecule has 0 unspecified atom stereocenters. The zero-order valence-corrected chi connectivity index (χ0v) is 19.1. The van der Waals surface area contributed by atoms with E-state index in [4.69, 9.17) is 4.74 Å². The molecule has 33 heavy (non-hydrogen) atoms. The Bertz CT molecular complexity index is 1100. The molecule has 1 atom stereocenters. The van der Waals surface area contributed by atoms with Crippen molar-refractivity contribution in [1.82, 2.24) is 4.90 Å². The van der Waals surface area contributed by atoms with Gasteiger partial charge in [0.15, 0.2) is 0 Å².